The lowest BCUT2D eigenvalue weighted by Gasteiger charge is -2.33. The summed E-state index contributed by atoms with van der Waals surface area (Å²) in [6.45, 7) is 7.52. The van der Waals surface area contributed by atoms with Crippen molar-refractivity contribution >= 4 is 29.1 Å². The molecule has 3 amide bonds. The van der Waals surface area contributed by atoms with Crippen LogP contribution >= 0.6 is 0 Å². The van der Waals surface area contributed by atoms with Gasteiger partial charge in [0.1, 0.15) is 5.69 Å². The summed E-state index contributed by atoms with van der Waals surface area (Å²) in [4.78, 5) is 44.6. The fraction of sp³-hybridized carbons (Fsp3) is 0.333. The van der Waals surface area contributed by atoms with Crippen molar-refractivity contribution in [2.75, 3.05) is 43.4 Å². The van der Waals surface area contributed by atoms with E-state index < -0.39 is 0 Å². The number of hydrogen-bond donors (Lipinski definition) is 2. The molecule has 1 aromatic carbocycles. The largest absolute Gasteiger partial charge is 0.335 e. The number of piperazine rings is 1. The molecule has 2 heterocycles. The van der Waals surface area contributed by atoms with E-state index in [-0.39, 0.29) is 23.4 Å². The second kappa shape index (κ2) is 9.29. The Morgan fingerprint density at radius 1 is 0.966 bits per heavy atom. The van der Waals surface area contributed by atoms with Crippen LogP contribution in [0.1, 0.15) is 34.7 Å². The molecule has 0 atom stereocenters. The van der Waals surface area contributed by atoms with Gasteiger partial charge in [-0.2, -0.15) is 0 Å². The number of benzene rings is 1. The average molecular weight is 395 g/mol. The molecule has 1 aromatic heterocycles. The van der Waals surface area contributed by atoms with E-state index >= 15 is 0 Å². The van der Waals surface area contributed by atoms with Gasteiger partial charge in [-0.05, 0) is 42.9 Å². The maximum absolute atomic E-state index is 12.7. The Bertz CT molecular complexity index is 889. The lowest BCUT2D eigenvalue weighted by Crippen LogP contribution is -2.48. The van der Waals surface area contributed by atoms with Gasteiger partial charge < -0.3 is 20.4 Å². The topological polar surface area (TPSA) is 94.6 Å². The third-order valence-electron chi connectivity index (χ3n) is 4.81. The molecule has 2 aromatic rings. The predicted molar refractivity (Wildman–Crippen MR) is 111 cm³/mol. The van der Waals surface area contributed by atoms with E-state index in [0.29, 0.717) is 30.0 Å². The number of carbonyl (C=O) groups is 3. The molecular weight excluding hydrogens is 370 g/mol. The molecule has 0 saturated carbocycles. The van der Waals surface area contributed by atoms with Crippen molar-refractivity contribution in [1.29, 1.82) is 0 Å². The maximum atomic E-state index is 12.7. The lowest BCUT2D eigenvalue weighted by atomic mass is 10.2. The van der Waals surface area contributed by atoms with E-state index in [0.717, 1.165) is 19.6 Å². The molecule has 0 spiro atoms. The molecule has 1 aliphatic heterocycles. The number of rotatable bonds is 5. The first-order valence-electron chi connectivity index (χ1n) is 9.63. The number of anilines is 2. The molecule has 1 aliphatic rings. The van der Waals surface area contributed by atoms with Crippen molar-refractivity contribution in [2.45, 2.75) is 13.8 Å². The van der Waals surface area contributed by atoms with Crippen molar-refractivity contribution in [2.24, 2.45) is 0 Å². The molecule has 0 radical (unpaired) electrons. The Balaban J connectivity index is 1.64. The van der Waals surface area contributed by atoms with E-state index in [9.17, 15) is 14.4 Å². The van der Waals surface area contributed by atoms with Crippen LogP contribution in [-0.2, 0) is 4.79 Å². The molecule has 1 saturated heterocycles. The summed E-state index contributed by atoms with van der Waals surface area (Å²) in [6, 6.07) is 9.90. The van der Waals surface area contributed by atoms with Gasteiger partial charge in [-0.1, -0.05) is 6.92 Å². The summed E-state index contributed by atoms with van der Waals surface area (Å²) in [5.41, 5.74) is 1.87. The van der Waals surface area contributed by atoms with E-state index in [1.54, 1.807) is 35.2 Å². The van der Waals surface area contributed by atoms with E-state index in [2.05, 4.69) is 27.4 Å². The minimum Gasteiger partial charge on any atom is -0.335 e. The highest BCUT2D eigenvalue weighted by Crippen LogP contribution is 2.15. The zero-order valence-corrected chi connectivity index (χ0v) is 16.6. The molecular formula is C21H25N5O3. The first-order chi connectivity index (χ1) is 14.0. The molecule has 8 nitrogen and oxygen atoms in total. The number of nitrogens with zero attached hydrogens (tertiary/aromatic N) is 3. The number of carbonyl (C=O) groups excluding carboxylic acids is 3. The van der Waals surface area contributed by atoms with Crippen LogP contribution in [0.3, 0.4) is 0 Å². The summed E-state index contributed by atoms with van der Waals surface area (Å²) >= 11 is 0. The lowest BCUT2D eigenvalue weighted by molar-refractivity contribution is -0.114. The number of pyridine rings is 1. The fourth-order valence-corrected chi connectivity index (χ4v) is 3.16. The quantitative estimate of drug-likeness (QED) is 0.808. The van der Waals surface area contributed by atoms with Gasteiger partial charge in [0.15, 0.2) is 0 Å². The van der Waals surface area contributed by atoms with Gasteiger partial charge in [-0.3, -0.25) is 19.4 Å². The Labute approximate surface area is 169 Å². The molecule has 0 bridgehead atoms. The summed E-state index contributed by atoms with van der Waals surface area (Å²) in [7, 11) is 0. The molecule has 0 aliphatic carbocycles. The normalized spacial score (nSPS) is 14.3. The zero-order chi connectivity index (χ0) is 20.8. The number of amides is 3. The number of nitrogens with one attached hydrogen (secondary N) is 2. The van der Waals surface area contributed by atoms with Gasteiger partial charge in [0.2, 0.25) is 5.91 Å². The molecule has 2 N–H and O–H groups in total. The number of likely N-dealkylation sites (N-methyl/N-ethyl adjacent to an activating group) is 1. The molecule has 3 rings (SSSR count). The Kier molecular flexibility index (Phi) is 6.56. The van der Waals surface area contributed by atoms with Gasteiger partial charge in [-0.25, -0.2) is 0 Å². The fourth-order valence-electron chi connectivity index (χ4n) is 3.16. The minimum absolute atomic E-state index is 0.157. The van der Waals surface area contributed by atoms with E-state index in [1.165, 1.54) is 19.2 Å². The predicted octanol–water partition coefficient (Wildman–Crippen LogP) is 2.07. The van der Waals surface area contributed by atoms with Gasteiger partial charge in [0.25, 0.3) is 11.8 Å². The number of hydrogen-bond acceptors (Lipinski definition) is 5. The third-order valence-corrected chi connectivity index (χ3v) is 4.81. The van der Waals surface area contributed by atoms with Crippen LogP contribution in [0.2, 0.25) is 0 Å². The standard InChI is InChI=1S/C21H25N5O3/c1-3-25-10-12-26(13-11-25)21(29)19-14-16(8-9-22-19)20(28)24-18-6-4-17(5-7-18)23-15(2)27/h4-9,14H,3,10-13H2,1-2H3,(H,23,27)(H,24,28). The zero-order valence-electron chi connectivity index (χ0n) is 16.6. The molecule has 0 unspecified atom stereocenters. The van der Waals surface area contributed by atoms with Gasteiger partial charge in [0.05, 0.1) is 0 Å². The highest BCUT2D eigenvalue weighted by atomic mass is 16.2. The molecule has 1 fully saturated rings. The monoisotopic (exact) mass is 395 g/mol. The van der Waals surface area contributed by atoms with Crippen LogP contribution in [0.15, 0.2) is 42.6 Å². The van der Waals surface area contributed by atoms with Crippen molar-refractivity contribution in [3.05, 3.63) is 53.9 Å². The van der Waals surface area contributed by atoms with E-state index in [1.807, 2.05) is 0 Å². The minimum atomic E-state index is -0.329. The van der Waals surface area contributed by atoms with Crippen molar-refractivity contribution < 1.29 is 14.4 Å². The van der Waals surface area contributed by atoms with Crippen LogP contribution in [0.25, 0.3) is 0 Å². The van der Waals surface area contributed by atoms with Crippen LogP contribution in [0, 0.1) is 0 Å². The van der Waals surface area contributed by atoms with Gasteiger partial charge in [0, 0.05) is 56.2 Å². The Hall–Kier alpha value is -3.26. The second-order valence-electron chi connectivity index (χ2n) is 6.87. The number of aromatic nitrogens is 1. The first-order valence-corrected chi connectivity index (χ1v) is 9.63. The summed E-state index contributed by atoms with van der Waals surface area (Å²) in [5.74, 6) is -0.647. The van der Waals surface area contributed by atoms with Crippen LogP contribution in [0.5, 0.6) is 0 Å². The van der Waals surface area contributed by atoms with Crippen molar-refractivity contribution in [1.82, 2.24) is 14.8 Å². The highest BCUT2D eigenvalue weighted by molar-refractivity contribution is 6.05. The highest BCUT2D eigenvalue weighted by Gasteiger charge is 2.23. The van der Waals surface area contributed by atoms with Crippen LogP contribution in [-0.4, -0.2) is 65.2 Å². The average Bonchev–Trinajstić information content (AvgIpc) is 2.74. The maximum Gasteiger partial charge on any atom is 0.272 e. The van der Waals surface area contributed by atoms with Crippen molar-refractivity contribution in [3.8, 4) is 0 Å². The van der Waals surface area contributed by atoms with E-state index in [4.69, 9.17) is 0 Å². The van der Waals surface area contributed by atoms with Gasteiger partial charge in [-0.15, -0.1) is 0 Å². The first kappa shape index (κ1) is 20.5. The molecule has 152 valence electrons. The van der Waals surface area contributed by atoms with Crippen LogP contribution in [0.4, 0.5) is 11.4 Å². The molecule has 8 heteroatoms. The van der Waals surface area contributed by atoms with Crippen LogP contribution < -0.4 is 10.6 Å². The Morgan fingerprint density at radius 3 is 2.17 bits per heavy atom. The summed E-state index contributed by atoms with van der Waals surface area (Å²) in [5, 5.41) is 5.46. The SMILES string of the molecule is CCN1CCN(C(=O)c2cc(C(=O)Nc3ccc(NC(C)=O)cc3)ccn2)CC1. The Morgan fingerprint density at radius 2 is 1.59 bits per heavy atom. The summed E-state index contributed by atoms with van der Waals surface area (Å²) in [6.07, 6.45) is 1.48. The van der Waals surface area contributed by atoms with Gasteiger partial charge >= 0.3 is 0 Å². The second-order valence-corrected chi connectivity index (χ2v) is 6.87. The molecule has 29 heavy (non-hydrogen) atoms. The smallest absolute Gasteiger partial charge is 0.272 e. The third kappa shape index (κ3) is 5.39. The van der Waals surface area contributed by atoms with Crippen molar-refractivity contribution in [3.63, 3.8) is 0 Å². The summed E-state index contributed by atoms with van der Waals surface area (Å²) < 4.78 is 0.